The summed E-state index contributed by atoms with van der Waals surface area (Å²) < 4.78 is 7.14. The van der Waals surface area contributed by atoms with Crippen LogP contribution in [0, 0.1) is 5.92 Å². The topological polar surface area (TPSA) is 84.7 Å². The van der Waals surface area contributed by atoms with Crippen LogP contribution in [-0.2, 0) is 27.3 Å². The number of nitrogens with zero attached hydrogens (tertiary/aromatic N) is 4. The molecule has 5 rings (SSSR count). The number of ether oxygens (including phenoxy) is 1. The predicted octanol–water partition coefficient (Wildman–Crippen LogP) is 1.59. The summed E-state index contributed by atoms with van der Waals surface area (Å²) in [5.74, 6) is 0.569. The van der Waals surface area contributed by atoms with E-state index in [1.165, 1.54) is 0 Å². The molecule has 0 radical (unpaired) electrons. The molecule has 0 unspecified atom stereocenters. The maximum absolute atomic E-state index is 13.6. The maximum atomic E-state index is 13.6. The van der Waals surface area contributed by atoms with Crippen LogP contribution in [0.1, 0.15) is 38.4 Å². The summed E-state index contributed by atoms with van der Waals surface area (Å²) in [5, 5.41) is 0.621. The summed E-state index contributed by atoms with van der Waals surface area (Å²) >= 11 is 0. The van der Waals surface area contributed by atoms with Crippen LogP contribution in [0.25, 0.3) is 10.9 Å². The van der Waals surface area contributed by atoms with E-state index in [2.05, 4.69) is 0 Å². The number of amides is 2. The Morgan fingerprint density at radius 3 is 2.78 bits per heavy atom. The van der Waals surface area contributed by atoms with Gasteiger partial charge in [-0.15, -0.1) is 0 Å². The molecule has 1 aromatic heterocycles. The van der Waals surface area contributed by atoms with Crippen LogP contribution in [0.5, 0.6) is 0 Å². The summed E-state index contributed by atoms with van der Waals surface area (Å²) in [4.78, 5) is 47.7. The van der Waals surface area contributed by atoms with Crippen LogP contribution in [-0.4, -0.2) is 69.6 Å². The van der Waals surface area contributed by atoms with Crippen molar-refractivity contribution in [3.05, 3.63) is 40.4 Å². The minimum atomic E-state index is -0.303. The fourth-order valence-electron chi connectivity index (χ4n) is 5.55. The van der Waals surface area contributed by atoms with E-state index in [0.717, 1.165) is 25.1 Å². The number of rotatable bonds is 6. The highest BCUT2D eigenvalue weighted by Crippen LogP contribution is 2.34. The van der Waals surface area contributed by atoms with Gasteiger partial charge in [-0.3, -0.25) is 19.0 Å². The van der Waals surface area contributed by atoms with Crippen molar-refractivity contribution in [1.82, 2.24) is 19.4 Å². The number of hydrogen-bond donors (Lipinski definition) is 0. The minimum Gasteiger partial charge on any atom is -0.382 e. The Bertz CT molecular complexity index is 1100. The van der Waals surface area contributed by atoms with Gasteiger partial charge in [0.25, 0.3) is 5.56 Å². The predicted molar refractivity (Wildman–Crippen MR) is 119 cm³/mol. The van der Waals surface area contributed by atoms with E-state index >= 15 is 0 Å². The smallest absolute Gasteiger partial charge is 0.261 e. The minimum absolute atomic E-state index is 0.0171. The van der Waals surface area contributed by atoms with Gasteiger partial charge in [0.15, 0.2) is 0 Å². The molecule has 0 spiro atoms. The standard InChI is InChI=1S/C24H30N4O4/c1-2-32-11-5-10-26-14-16(12-22(26)29)23(30)28-17-8-9-18(28)15-27-21(13-17)25-20-7-4-3-6-19(20)24(27)31/h3-4,6-7,16-18H,2,5,8-15H2,1H3/t16-,17-,18-/m0/s1. The van der Waals surface area contributed by atoms with Gasteiger partial charge in [0.1, 0.15) is 5.82 Å². The average Bonchev–Trinajstić information content (AvgIpc) is 3.30. The second-order valence-corrected chi connectivity index (χ2v) is 9.09. The molecule has 3 aliphatic heterocycles. The molecule has 8 nitrogen and oxygen atoms in total. The molecule has 32 heavy (non-hydrogen) atoms. The molecule has 170 valence electrons. The molecule has 0 saturated carbocycles. The molecule has 4 heterocycles. The van der Waals surface area contributed by atoms with E-state index in [1.807, 2.05) is 36.1 Å². The molecule has 2 saturated heterocycles. The molecule has 0 aliphatic carbocycles. The second-order valence-electron chi connectivity index (χ2n) is 9.09. The highest BCUT2D eigenvalue weighted by Gasteiger charge is 2.45. The van der Waals surface area contributed by atoms with Gasteiger partial charge in [-0.05, 0) is 38.3 Å². The Morgan fingerprint density at radius 2 is 1.94 bits per heavy atom. The zero-order valence-corrected chi connectivity index (χ0v) is 18.5. The third-order valence-corrected chi connectivity index (χ3v) is 7.11. The monoisotopic (exact) mass is 438 g/mol. The lowest BCUT2D eigenvalue weighted by molar-refractivity contribution is -0.138. The van der Waals surface area contributed by atoms with Crippen LogP contribution < -0.4 is 5.56 Å². The lowest BCUT2D eigenvalue weighted by atomic mass is 10.1. The van der Waals surface area contributed by atoms with Crippen molar-refractivity contribution in [1.29, 1.82) is 0 Å². The number of fused-ring (bicyclic) bond motifs is 4. The summed E-state index contributed by atoms with van der Waals surface area (Å²) in [6.07, 6.45) is 3.44. The first-order valence-electron chi connectivity index (χ1n) is 11.7. The Balaban J connectivity index is 1.34. The zero-order valence-electron chi connectivity index (χ0n) is 18.5. The molecule has 2 fully saturated rings. The summed E-state index contributed by atoms with van der Waals surface area (Å²) in [7, 11) is 0. The first-order valence-corrected chi connectivity index (χ1v) is 11.7. The Kier molecular flexibility index (Phi) is 5.71. The lowest BCUT2D eigenvalue weighted by Gasteiger charge is -2.30. The number of carbonyl (C=O) groups is 2. The van der Waals surface area contributed by atoms with E-state index in [-0.39, 0.29) is 41.8 Å². The molecule has 8 heteroatoms. The third-order valence-electron chi connectivity index (χ3n) is 7.11. The van der Waals surface area contributed by atoms with Crippen molar-refractivity contribution in [2.24, 2.45) is 5.92 Å². The fourth-order valence-corrected chi connectivity index (χ4v) is 5.55. The van der Waals surface area contributed by atoms with E-state index < -0.39 is 0 Å². The van der Waals surface area contributed by atoms with Gasteiger partial charge in [0.2, 0.25) is 11.8 Å². The summed E-state index contributed by atoms with van der Waals surface area (Å²) in [6, 6.07) is 7.45. The van der Waals surface area contributed by atoms with Gasteiger partial charge in [0, 0.05) is 51.7 Å². The van der Waals surface area contributed by atoms with Crippen LogP contribution in [0.15, 0.2) is 29.1 Å². The lowest BCUT2D eigenvalue weighted by Crippen LogP contribution is -2.46. The SMILES string of the molecule is CCOCCCN1C[C@@H](C(=O)N2[C@H]3CC[C@H]2Cn2c(nc4ccccc4c2=O)C3)CC1=O. The average molecular weight is 439 g/mol. The molecule has 2 bridgehead atoms. The van der Waals surface area contributed by atoms with Crippen LogP contribution in [0.4, 0.5) is 0 Å². The largest absolute Gasteiger partial charge is 0.382 e. The molecule has 0 N–H and O–H groups in total. The number of carbonyl (C=O) groups excluding carboxylic acids is 2. The Labute approximate surface area is 187 Å². The van der Waals surface area contributed by atoms with Crippen LogP contribution in [0.3, 0.4) is 0 Å². The Hall–Kier alpha value is -2.74. The number of para-hydroxylation sites is 1. The molecular weight excluding hydrogens is 408 g/mol. The van der Waals surface area contributed by atoms with E-state index in [9.17, 15) is 14.4 Å². The molecule has 2 amide bonds. The van der Waals surface area contributed by atoms with Crippen molar-refractivity contribution in [3.63, 3.8) is 0 Å². The molecule has 3 aliphatic rings. The van der Waals surface area contributed by atoms with Gasteiger partial charge in [-0.1, -0.05) is 12.1 Å². The molecule has 3 atom stereocenters. The van der Waals surface area contributed by atoms with E-state index in [4.69, 9.17) is 9.72 Å². The summed E-state index contributed by atoms with van der Waals surface area (Å²) in [6.45, 7) is 4.84. The van der Waals surface area contributed by atoms with E-state index in [0.29, 0.717) is 50.2 Å². The van der Waals surface area contributed by atoms with Gasteiger partial charge in [0.05, 0.1) is 22.9 Å². The van der Waals surface area contributed by atoms with Crippen LogP contribution in [0.2, 0.25) is 0 Å². The summed E-state index contributed by atoms with van der Waals surface area (Å²) in [5.41, 5.74) is 0.686. The van der Waals surface area contributed by atoms with Crippen molar-refractivity contribution in [2.45, 2.75) is 57.7 Å². The number of aromatic nitrogens is 2. The number of benzene rings is 1. The quantitative estimate of drug-likeness (QED) is 0.640. The zero-order chi connectivity index (χ0) is 22.2. The number of likely N-dealkylation sites (tertiary alicyclic amines) is 1. The third kappa shape index (κ3) is 3.70. The highest BCUT2D eigenvalue weighted by molar-refractivity contribution is 5.89. The first-order chi connectivity index (χ1) is 15.6. The normalized spacial score (nSPS) is 24.8. The van der Waals surface area contributed by atoms with Gasteiger partial charge in [-0.25, -0.2) is 4.98 Å². The van der Waals surface area contributed by atoms with Crippen LogP contribution >= 0.6 is 0 Å². The first kappa shape index (κ1) is 21.1. The van der Waals surface area contributed by atoms with Crippen molar-refractivity contribution < 1.29 is 14.3 Å². The van der Waals surface area contributed by atoms with Gasteiger partial charge < -0.3 is 14.5 Å². The highest BCUT2D eigenvalue weighted by atomic mass is 16.5. The van der Waals surface area contributed by atoms with Gasteiger partial charge >= 0.3 is 0 Å². The van der Waals surface area contributed by atoms with Crippen molar-refractivity contribution in [2.75, 3.05) is 26.3 Å². The maximum Gasteiger partial charge on any atom is 0.261 e. The van der Waals surface area contributed by atoms with Crippen molar-refractivity contribution >= 4 is 22.7 Å². The van der Waals surface area contributed by atoms with E-state index in [1.54, 1.807) is 9.47 Å². The Morgan fingerprint density at radius 1 is 1.12 bits per heavy atom. The molecule has 2 aromatic rings. The molecular formula is C24H30N4O4. The molecule has 1 aromatic carbocycles. The van der Waals surface area contributed by atoms with Crippen molar-refractivity contribution in [3.8, 4) is 0 Å². The number of hydrogen-bond acceptors (Lipinski definition) is 5. The van der Waals surface area contributed by atoms with Gasteiger partial charge in [-0.2, -0.15) is 0 Å². The second kappa shape index (κ2) is 8.65. The fraction of sp³-hybridized carbons (Fsp3) is 0.583.